The van der Waals surface area contributed by atoms with Gasteiger partial charge in [-0.1, -0.05) is 6.07 Å². The van der Waals surface area contributed by atoms with E-state index in [9.17, 15) is 9.18 Å². The zero-order valence-corrected chi connectivity index (χ0v) is 18.5. The maximum Gasteiger partial charge on any atom is 0.216 e. The minimum Gasteiger partial charge on any atom is -0.490 e. The Morgan fingerprint density at radius 1 is 1.37 bits per heavy atom. The molecule has 0 aromatic heterocycles. The van der Waals surface area contributed by atoms with Gasteiger partial charge >= 0.3 is 0 Å². The number of hydrogen-bond acceptors (Lipinski definition) is 3. The number of benzene rings is 1. The number of hydrogen-bond donors (Lipinski definition) is 3. The summed E-state index contributed by atoms with van der Waals surface area (Å²) in [5.74, 6) is 1.10. The van der Waals surface area contributed by atoms with Crippen LogP contribution in [0.15, 0.2) is 23.2 Å². The van der Waals surface area contributed by atoms with Crippen LogP contribution in [0.5, 0.6) is 5.75 Å². The lowest BCUT2D eigenvalue weighted by Crippen LogP contribution is -2.39. The first-order chi connectivity index (χ1) is 12.5. The SMILES string of the molecule is CCNC(=NCCNC(C)=O)NC(C)c1ccc(OCC2CC2)c(F)c1.I. The first kappa shape index (κ1) is 23.5. The first-order valence-electron chi connectivity index (χ1n) is 9.21. The molecular formula is C19H30FIN4O2. The Labute approximate surface area is 177 Å². The van der Waals surface area contributed by atoms with Crippen LogP contribution >= 0.6 is 24.0 Å². The molecule has 1 fully saturated rings. The van der Waals surface area contributed by atoms with Crippen LogP contribution in [0.3, 0.4) is 0 Å². The van der Waals surface area contributed by atoms with Crippen LogP contribution in [0.4, 0.5) is 4.39 Å². The molecule has 6 nitrogen and oxygen atoms in total. The number of nitrogens with zero attached hydrogens (tertiary/aromatic N) is 1. The summed E-state index contributed by atoms with van der Waals surface area (Å²) in [6.45, 7) is 7.63. The van der Waals surface area contributed by atoms with Gasteiger partial charge in [0.05, 0.1) is 19.2 Å². The normalized spacial score (nSPS) is 14.7. The third-order valence-corrected chi connectivity index (χ3v) is 4.08. The van der Waals surface area contributed by atoms with Crippen molar-refractivity contribution in [1.29, 1.82) is 0 Å². The maximum absolute atomic E-state index is 14.3. The summed E-state index contributed by atoms with van der Waals surface area (Å²) in [6, 6.07) is 4.93. The summed E-state index contributed by atoms with van der Waals surface area (Å²) in [6.07, 6.45) is 2.35. The van der Waals surface area contributed by atoms with Gasteiger partial charge in [0.25, 0.3) is 0 Å². The number of halogens is 2. The van der Waals surface area contributed by atoms with Crippen LogP contribution in [-0.2, 0) is 4.79 Å². The maximum atomic E-state index is 14.3. The van der Waals surface area contributed by atoms with Crippen LogP contribution in [-0.4, -0.2) is 38.1 Å². The fourth-order valence-electron chi connectivity index (χ4n) is 2.40. The fourth-order valence-corrected chi connectivity index (χ4v) is 2.40. The molecule has 0 spiro atoms. The summed E-state index contributed by atoms with van der Waals surface area (Å²) in [4.78, 5) is 15.3. The lowest BCUT2D eigenvalue weighted by molar-refractivity contribution is -0.118. The fraction of sp³-hybridized carbons (Fsp3) is 0.579. The summed E-state index contributed by atoms with van der Waals surface area (Å²) in [5.41, 5.74) is 0.814. The van der Waals surface area contributed by atoms with Crippen LogP contribution in [0.25, 0.3) is 0 Å². The van der Waals surface area contributed by atoms with Gasteiger partial charge in [0.2, 0.25) is 5.91 Å². The van der Waals surface area contributed by atoms with Crippen molar-refractivity contribution in [2.75, 3.05) is 26.2 Å². The molecule has 1 saturated carbocycles. The molecule has 0 radical (unpaired) electrons. The van der Waals surface area contributed by atoms with E-state index < -0.39 is 0 Å². The number of nitrogens with one attached hydrogen (secondary N) is 3. The average molecular weight is 492 g/mol. The molecule has 2 rings (SSSR count). The lowest BCUT2D eigenvalue weighted by Gasteiger charge is -2.19. The number of rotatable bonds is 9. The molecule has 1 aromatic carbocycles. The summed E-state index contributed by atoms with van der Waals surface area (Å²) in [7, 11) is 0. The van der Waals surface area contributed by atoms with Crippen molar-refractivity contribution in [3.05, 3.63) is 29.6 Å². The Balaban J connectivity index is 0.00000364. The Morgan fingerprint density at radius 2 is 2.11 bits per heavy atom. The summed E-state index contributed by atoms with van der Waals surface area (Å²) >= 11 is 0. The summed E-state index contributed by atoms with van der Waals surface area (Å²) < 4.78 is 19.8. The van der Waals surface area contributed by atoms with E-state index in [-0.39, 0.29) is 41.7 Å². The van der Waals surface area contributed by atoms with E-state index in [1.54, 1.807) is 6.07 Å². The van der Waals surface area contributed by atoms with Gasteiger partial charge < -0.3 is 20.7 Å². The molecule has 1 amide bonds. The van der Waals surface area contributed by atoms with E-state index in [1.807, 2.05) is 19.9 Å². The van der Waals surface area contributed by atoms with Crippen molar-refractivity contribution >= 4 is 35.8 Å². The average Bonchev–Trinajstić information content (AvgIpc) is 3.41. The van der Waals surface area contributed by atoms with Gasteiger partial charge in [0, 0.05) is 20.0 Å². The molecule has 8 heteroatoms. The highest BCUT2D eigenvalue weighted by Crippen LogP contribution is 2.30. The molecule has 0 bridgehead atoms. The molecule has 1 aliphatic rings. The Kier molecular flexibility index (Phi) is 10.4. The zero-order chi connectivity index (χ0) is 18.9. The van der Waals surface area contributed by atoms with Gasteiger partial charge in [0.15, 0.2) is 17.5 Å². The highest BCUT2D eigenvalue weighted by molar-refractivity contribution is 14.0. The van der Waals surface area contributed by atoms with E-state index in [1.165, 1.54) is 25.8 Å². The minimum atomic E-state index is -0.343. The highest BCUT2D eigenvalue weighted by atomic mass is 127. The molecule has 3 N–H and O–H groups in total. The largest absolute Gasteiger partial charge is 0.490 e. The number of guanidine groups is 1. The van der Waals surface area contributed by atoms with Gasteiger partial charge in [-0.15, -0.1) is 24.0 Å². The quantitative estimate of drug-likeness (QED) is 0.215. The van der Waals surface area contributed by atoms with Gasteiger partial charge in [-0.2, -0.15) is 0 Å². The van der Waals surface area contributed by atoms with Gasteiger partial charge in [-0.3, -0.25) is 9.79 Å². The molecule has 0 saturated heterocycles. The molecule has 1 atom stereocenters. The topological polar surface area (TPSA) is 74.8 Å². The molecule has 0 aliphatic heterocycles. The van der Waals surface area contributed by atoms with E-state index >= 15 is 0 Å². The van der Waals surface area contributed by atoms with Crippen molar-refractivity contribution in [1.82, 2.24) is 16.0 Å². The zero-order valence-electron chi connectivity index (χ0n) is 16.2. The molecule has 0 heterocycles. The van der Waals surface area contributed by atoms with Crippen LogP contribution < -0.4 is 20.7 Å². The molecule has 152 valence electrons. The molecule has 1 unspecified atom stereocenters. The van der Waals surface area contributed by atoms with Crippen LogP contribution in [0.1, 0.15) is 45.2 Å². The van der Waals surface area contributed by atoms with Gasteiger partial charge in [-0.05, 0) is 50.3 Å². The third kappa shape index (κ3) is 8.77. The van der Waals surface area contributed by atoms with Crippen molar-refractivity contribution in [2.45, 2.75) is 39.7 Å². The second-order valence-corrected chi connectivity index (χ2v) is 6.55. The molecule has 1 aliphatic carbocycles. The smallest absolute Gasteiger partial charge is 0.216 e. The monoisotopic (exact) mass is 492 g/mol. The van der Waals surface area contributed by atoms with Crippen molar-refractivity contribution in [3.8, 4) is 5.75 Å². The number of ether oxygens (including phenoxy) is 1. The second-order valence-electron chi connectivity index (χ2n) is 6.55. The third-order valence-electron chi connectivity index (χ3n) is 4.08. The van der Waals surface area contributed by atoms with Crippen molar-refractivity contribution in [2.24, 2.45) is 10.9 Å². The number of carbonyl (C=O) groups excluding carboxylic acids is 1. The van der Waals surface area contributed by atoms with E-state index in [2.05, 4.69) is 20.9 Å². The van der Waals surface area contributed by atoms with E-state index in [4.69, 9.17) is 4.74 Å². The molecule has 1 aromatic rings. The van der Waals surface area contributed by atoms with Crippen LogP contribution in [0, 0.1) is 11.7 Å². The molecule has 27 heavy (non-hydrogen) atoms. The van der Waals surface area contributed by atoms with Crippen molar-refractivity contribution in [3.63, 3.8) is 0 Å². The number of carbonyl (C=O) groups is 1. The number of amides is 1. The number of aliphatic imine (C=N–C) groups is 1. The highest BCUT2D eigenvalue weighted by Gasteiger charge is 2.22. The Bertz CT molecular complexity index is 638. The first-order valence-corrected chi connectivity index (χ1v) is 9.21. The predicted octanol–water partition coefficient (Wildman–Crippen LogP) is 2.98. The van der Waals surface area contributed by atoms with Crippen LogP contribution in [0.2, 0.25) is 0 Å². The predicted molar refractivity (Wildman–Crippen MR) is 116 cm³/mol. The van der Waals surface area contributed by atoms with Gasteiger partial charge in [-0.25, -0.2) is 4.39 Å². The van der Waals surface area contributed by atoms with E-state index in [0.717, 1.165) is 5.56 Å². The molecular weight excluding hydrogens is 462 g/mol. The van der Waals surface area contributed by atoms with Gasteiger partial charge in [0.1, 0.15) is 0 Å². The van der Waals surface area contributed by atoms with Crippen molar-refractivity contribution < 1.29 is 13.9 Å². The second kappa shape index (κ2) is 12.0. The summed E-state index contributed by atoms with van der Waals surface area (Å²) in [5, 5.41) is 9.09. The lowest BCUT2D eigenvalue weighted by atomic mass is 10.1. The Morgan fingerprint density at radius 3 is 2.70 bits per heavy atom. The Hall–Kier alpha value is -1.58. The minimum absolute atomic E-state index is 0. The standard InChI is InChI=1S/C19H29FN4O2.HI/c1-4-21-19(23-10-9-22-14(3)25)24-13(2)16-7-8-18(17(20)11-16)26-12-15-5-6-15;/h7-8,11,13,15H,4-6,9-10,12H2,1-3H3,(H,22,25)(H2,21,23,24);1H. The van der Waals surface area contributed by atoms with E-state index in [0.29, 0.717) is 43.9 Å².